The zero-order valence-corrected chi connectivity index (χ0v) is 7.57. The zero-order valence-electron chi connectivity index (χ0n) is 7.57. The second-order valence-corrected chi connectivity index (χ2v) is 3.28. The number of nitrogens with zero attached hydrogens (tertiary/aromatic N) is 2. The first-order chi connectivity index (χ1) is 6.95. The van der Waals surface area contributed by atoms with Crippen molar-refractivity contribution in [3.8, 4) is 0 Å². The zero-order chi connectivity index (χ0) is 9.38. The SMILES string of the molecule is C1=C(c2cnc[nH]2)c2cccnc2C1. The molecule has 0 aliphatic heterocycles. The van der Waals surface area contributed by atoms with Crippen LogP contribution in [0, 0.1) is 0 Å². The van der Waals surface area contributed by atoms with Crippen LogP contribution in [0.4, 0.5) is 0 Å². The first-order valence-electron chi connectivity index (χ1n) is 4.58. The molecule has 0 radical (unpaired) electrons. The summed E-state index contributed by atoms with van der Waals surface area (Å²) in [7, 11) is 0. The van der Waals surface area contributed by atoms with Crippen molar-refractivity contribution < 1.29 is 0 Å². The van der Waals surface area contributed by atoms with Gasteiger partial charge in [0.25, 0.3) is 0 Å². The molecule has 3 rings (SSSR count). The van der Waals surface area contributed by atoms with Gasteiger partial charge in [-0.25, -0.2) is 4.98 Å². The Balaban J connectivity index is 2.14. The lowest BCUT2D eigenvalue weighted by Crippen LogP contribution is -1.89. The summed E-state index contributed by atoms with van der Waals surface area (Å²) in [6.07, 6.45) is 8.48. The Labute approximate surface area is 81.5 Å². The highest BCUT2D eigenvalue weighted by molar-refractivity contribution is 5.81. The van der Waals surface area contributed by atoms with Gasteiger partial charge in [-0.1, -0.05) is 12.1 Å². The summed E-state index contributed by atoms with van der Waals surface area (Å²) >= 11 is 0. The third-order valence-corrected chi connectivity index (χ3v) is 2.47. The van der Waals surface area contributed by atoms with E-state index < -0.39 is 0 Å². The molecule has 1 aliphatic carbocycles. The van der Waals surface area contributed by atoms with E-state index in [0.29, 0.717) is 0 Å². The van der Waals surface area contributed by atoms with E-state index in [-0.39, 0.29) is 0 Å². The van der Waals surface area contributed by atoms with Crippen LogP contribution < -0.4 is 0 Å². The maximum Gasteiger partial charge on any atom is 0.0924 e. The summed E-state index contributed by atoms with van der Waals surface area (Å²) in [5.41, 5.74) is 4.65. The Hall–Kier alpha value is -1.90. The fraction of sp³-hybridized carbons (Fsp3) is 0.0909. The summed E-state index contributed by atoms with van der Waals surface area (Å²) in [6, 6.07) is 4.07. The van der Waals surface area contributed by atoms with Crippen molar-refractivity contribution >= 4 is 5.57 Å². The Morgan fingerprint density at radius 2 is 2.36 bits per heavy atom. The first-order valence-corrected chi connectivity index (χ1v) is 4.58. The van der Waals surface area contributed by atoms with Gasteiger partial charge in [-0.2, -0.15) is 0 Å². The average molecular weight is 183 g/mol. The predicted octanol–water partition coefficient (Wildman–Crippen LogP) is 1.79. The van der Waals surface area contributed by atoms with Gasteiger partial charge >= 0.3 is 0 Å². The van der Waals surface area contributed by atoms with Gasteiger partial charge < -0.3 is 4.98 Å². The lowest BCUT2D eigenvalue weighted by molar-refractivity contribution is 1.13. The Morgan fingerprint density at radius 3 is 3.21 bits per heavy atom. The second kappa shape index (κ2) is 2.80. The molecular weight excluding hydrogens is 174 g/mol. The van der Waals surface area contributed by atoms with Gasteiger partial charge in [0.05, 0.1) is 23.9 Å². The van der Waals surface area contributed by atoms with Gasteiger partial charge in [0.2, 0.25) is 0 Å². The van der Waals surface area contributed by atoms with Gasteiger partial charge in [0.15, 0.2) is 0 Å². The molecule has 0 fully saturated rings. The molecule has 1 N–H and O–H groups in total. The summed E-state index contributed by atoms with van der Waals surface area (Å²) in [5, 5.41) is 0. The van der Waals surface area contributed by atoms with Gasteiger partial charge in [0, 0.05) is 23.8 Å². The molecule has 0 spiro atoms. The first kappa shape index (κ1) is 7.50. The molecule has 0 unspecified atom stereocenters. The molecular formula is C11H9N3. The lowest BCUT2D eigenvalue weighted by Gasteiger charge is -2.01. The monoisotopic (exact) mass is 183 g/mol. The summed E-state index contributed by atoms with van der Waals surface area (Å²) in [4.78, 5) is 11.5. The molecule has 3 heteroatoms. The molecule has 0 aromatic carbocycles. The van der Waals surface area contributed by atoms with Gasteiger partial charge in [-0.3, -0.25) is 4.98 Å². The average Bonchev–Trinajstić information content (AvgIpc) is 2.85. The van der Waals surface area contributed by atoms with E-state index >= 15 is 0 Å². The maximum absolute atomic E-state index is 4.33. The normalized spacial score (nSPS) is 13.9. The van der Waals surface area contributed by atoms with Crippen molar-refractivity contribution in [2.45, 2.75) is 6.42 Å². The van der Waals surface area contributed by atoms with E-state index in [2.05, 4.69) is 27.1 Å². The van der Waals surface area contributed by atoms with Crippen LogP contribution >= 0.6 is 0 Å². The molecule has 0 bridgehead atoms. The number of rotatable bonds is 1. The minimum Gasteiger partial charge on any atom is -0.345 e. The van der Waals surface area contributed by atoms with Crippen molar-refractivity contribution in [2.24, 2.45) is 0 Å². The Kier molecular flexibility index (Phi) is 1.50. The number of pyridine rings is 1. The molecule has 14 heavy (non-hydrogen) atoms. The van der Waals surface area contributed by atoms with E-state index in [1.54, 1.807) is 6.33 Å². The summed E-state index contributed by atoms with van der Waals surface area (Å²) < 4.78 is 0. The van der Waals surface area contributed by atoms with Crippen LogP contribution in [0.15, 0.2) is 36.9 Å². The molecule has 2 aromatic heterocycles. The highest BCUT2D eigenvalue weighted by atomic mass is 14.9. The predicted molar refractivity (Wildman–Crippen MR) is 53.6 cm³/mol. The smallest absolute Gasteiger partial charge is 0.0924 e. The van der Waals surface area contributed by atoms with Crippen LogP contribution in [0.5, 0.6) is 0 Å². The van der Waals surface area contributed by atoms with E-state index in [9.17, 15) is 0 Å². The number of fused-ring (bicyclic) bond motifs is 1. The highest BCUT2D eigenvalue weighted by Crippen LogP contribution is 2.29. The van der Waals surface area contributed by atoms with Crippen LogP contribution in [0.2, 0.25) is 0 Å². The van der Waals surface area contributed by atoms with Crippen molar-refractivity contribution in [3.05, 3.63) is 53.9 Å². The minimum absolute atomic E-state index is 0.921. The molecule has 2 heterocycles. The number of aromatic nitrogens is 3. The summed E-state index contributed by atoms with van der Waals surface area (Å²) in [6.45, 7) is 0. The van der Waals surface area contributed by atoms with Gasteiger partial charge in [0.1, 0.15) is 0 Å². The lowest BCUT2D eigenvalue weighted by atomic mass is 10.1. The number of hydrogen-bond acceptors (Lipinski definition) is 2. The van der Waals surface area contributed by atoms with E-state index in [0.717, 1.165) is 17.8 Å². The van der Waals surface area contributed by atoms with Crippen LogP contribution in [-0.4, -0.2) is 15.0 Å². The minimum atomic E-state index is 0.921. The fourth-order valence-electron chi connectivity index (χ4n) is 1.81. The number of hydrogen-bond donors (Lipinski definition) is 1. The molecule has 0 amide bonds. The number of aromatic amines is 1. The molecule has 3 nitrogen and oxygen atoms in total. The second-order valence-electron chi connectivity index (χ2n) is 3.28. The Morgan fingerprint density at radius 1 is 1.36 bits per heavy atom. The fourth-order valence-corrected chi connectivity index (χ4v) is 1.81. The van der Waals surface area contributed by atoms with Gasteiger partial charge in [-0.05, 0) is 6.07 Å². The van der Waals surface area contributed by atoms with Crippen molar-refractivity contribution in [1.82, 2.24) is 15.0 Å². The number of imidazole rings is 1. The van der Waals surface area contributed by atoms with Crippen LogP contribution in [0.3, 0.4) is 0 Å². The maximum atomic E-state index is 4.33. The van der Waals surface area contributed by atoms with Crippen molar-refractivity contribution in [3.63, 3.8) is 0 Å². The van der Waals surface area contributed by atoms with Crippen molar-refractivity contribution in [2.75, 3.05) is 0 Å². The van der Waals surface area contributed by atoms with Crippen molar-refractivity contribution in [1.29, 1.82) is 0 Å². The quantitative estimate of drug-likeness (QED) is 0.732. The standard InChI is InChI=1S/C11H9N3/c1-2-8-9(11-6-12-7-14-11)3-4-10(8)13-5-1/h1-3,5-7H,4H2,(H,12,14). The molecule has 2 aromatic rings. The van der Waals surface area contributed by atoms with Crippen LogP contribution in [0.1, 0.15) is 17.0 Å². The molecule has 0 saturated carbocycles. The summed E-state index contributed by atoms with van der Waals surface area (Å²) in [5.74, 6) is 0. The third-order valence-electron chi connectivity index (χ3n) is 2.47. The van der Waals surface area contributed by atoms with E-state index in [4.69, 9.17) is 0 Å². The number of nitrogens with one attached hydrogen (secondary N) is 1. The number of allylic oxidation sites excluding steroid dienone is 1. The molecule has 68 valence electrons. The van der Waals surface area contributed by atoms with E-state index in [1.165, 1.54) is 11.1 Å². The number of H-pyrrole nitrogens is 1. The Bertz CT molecular complexity index is 483. The molecule has 0 atom stereocenters. The third kappa shape index (κ3) is 0.988. The largest absolute Gasteiger partial charge is 0.345 e. The molecule has 0 saturated heterocycles. The molecule has 1 aliphatic rings. The van der Waals surface area contributed by atoms with Crippen LogP contribution in [-0.2, 0) is 6.42 Å². The topological polar surface area (TPSA) is 41.6 Å². The highest BCUT2D eigenvalue weighted by Gasteiger charge is 2.16. The van der Waals surface area contributed by atoms with E-state index in [1.807, 2.05) is 18.5 Å². The van der Waals surface area contributed by atoms with Gasteiger partial charge in [-0.15, -0.1) is 0 Å². The van der Waals surface area contributed by atoms with Crippen LogP contribution in [0.25, 0.3) is 5.57 Å².